The number of primary amides is 1. The zero-order chi connectivity index (χ0) is 20.7. The standard InChI is InChI=1S/C23H20N4O3/c24-22(28)21-9-15(17-11-25-13-26-12-17)8-19-18-2-1-14(7-16(18)10-20(19)21)23(29)27-3-5-30-6-4-27/h1-2,7-9,11-13H,3-6,10H2,(H2,24,28). The van der Waals surface area contributed by atoms with Crippen molar-refractivity contribution in [1.82, 2.24) is 14.9 Å². The molecule has 1 aliphatic heterocycles. The molecule has 1 aliphatic carbocycles. The van der Waals surface area contributed by atoms with Crippen molar-refractivity contribution in [3.63, 3.8) is 0 Å². The highest BCUT2D eigenvalue weighted by atomic mass is 16.5. The topological polar surface area (TPSA) is 98.4 Å². The Bertz CT molecular complexity index is 1150. The van der Waals surface area contributed by atoms with Gasteiger partial charge in [0.25, 0.3) is 5.91 Å². The minimum Gasteiger partial charge on any atom is -0.378 e. The smallest absolute Gasteiger partial charge is 0.254 e. The highest BCUT2D eigenvalue weighted by Crippen LogP contribution is 2.41. The van der Waals surface area contributed by atoms with Crippen LogP contribution in [0.2, 0.25) is 0 Å². The quantitative estimate of drug-likeness (QED) is 0.569. The molecule has 1 saturated heterocycles. The number of nitrogens with zero attached hydrogens (tertiary/aromatic N) is 3. The Balaban J connectivity index is 1.56. The van der Waals surface area contributed by atoms with Crippen molar-refractivity contribution in [2.45, 2.75) is 6.42 Å². The summed E-state index contributed by atoms with van der Waals surface area (Å²) in [5.74, 6) is -0.461. The Labute approximate surface area is 173 Å². The SMILES string of the molecule is NC(=O)c1cc(-c2cncnc2)cc2c1Cc1cc(C(=O)N3CCOCC3)ccc1-2. The van der Waals surface area contributed by atoms with E-state index in [0.29, 0.717) is 43.9 Å². The maximum absolute atomic E-state index is 12.9. The lowest BCUT2D eigenvalue weighted by Crippen LogP contribution is -2.40. The van der Waals surface area contributed by atoms with Gasteiger partial charge in [0.15, 0.2) is 0 Å². The number of benzene rings is 2. The lowest BCUT2D eigenvalue weighted by molar-refractivity contribution is 0.0303. The van der Waals surface area contributed by atoms with E-state index >= 15 is 0 Å². The largest absolute Gasteiger partial charge is 0.378 e. The summed E-state index contributed by atoms with van der Waals surface area (Å²) in [6, 6.07) is 9.59. The number of hydrogen-bond donors (Lipinski definition) is 1. The van der Waals surface area contributed by atoms with E-state index in [4.69, 9.17) is 10.5 Å². The van der Waals surface area contributed by atoms with E-state index in [9.17, 15) is 9.59 Å². The number of fused-ring (bicyclic) bond motifs is 3. The molecule has 0 atom stereocenters. The van der Waals surface area contributed by atoms with Crippen molar-refractivity contribution in [3.8, 4) is 22.3 Å². The van der Waals surface area contributed by atoms with Gasteiger partial charge in [-0.3, -0.25) is 9.59 Å². The Morgan fingerprint density at radius 3 is 2.47 bits per heavy atom. The molecule has 7 heteroatoms. The molecule has 0 radical (unpaired) electrons. The van der Waals surface area contributed by atoms with Gasteiger partial charge in [-0.2, -0.15) is 0 Å². The fraction of sp³-hybridized carbons (Fsp3) is 0.217. The van der Waals surface area contributed by atoms with Gasteiger partial charge in [0.2, 0.25) is 5.91 Å². The summed E-state index contributed by atoms with van der Waals surface area (Å²) in [5.41, 5.74) is 12.4. The molecule has 0 unspecified atom stereocenters. The van der Waals surface area contributed by atoms with Crippen molar-refractivity contribution in [1.29, 1.82) is 0 Å². The minimum absolute atomic E-state index is 0.00861. The molecule has 2 heterocycles. The van der Waals surface area contributed by atoms with Crippen molar-refractivity contribution in [2.75, 3.05) is 26.3 Å². The molecular formula is C23H20N4O3. The first kappa shape index (κ1) is 18.4. The number of amides is 2. The van der Waals surface area contributed by atoms with Gasteiger partial charge in [-0.25, -0.2) is 9.97 Å². The predicted molar refractivity (Wildman–Crippen MR) is 111 cm³/mol. The molecule has 2 aliphatic rings. The van der Waals surface area contributed by atoms with Gasteiger partial charge in [-0.05, 0) is 58.5 Å². The van der Waals surface area contributed by atoms with Gasteiger partial charge in [0.05, 0.1) is 13.2 Å². The molecule has 5 rings (SSSR count). The van der Waals surface area contributed by atoms with Crippen LogP contribution in [-0.4, -0.2) is 53.0 Å². The minimum atomic E-state index is -0.470. The Hall–Kier alpha value is -3.58. The third-order valence-electron chi connectivity index (χ3n) is 5.72. The van der Waals surface area contributed by atoms with E-state index in [-0.39, 0.29) is 5.91 Å². The van der Waals surface area contributed by atoms with Gasteiger partial charge in [0.1, 0.15) is 6.33 Å². The monoisotopic (exact) mass is 400 g/mol. The van der Waals surface area contributed by atoms with Crippen molar-refractivity contribution in [2.24, 2.45) is 5.73 Å². The summed E-state index contributed by atoms with van der Waals surface area (Å²) in [4.78, 5) is 35.0. The van der Waals surface area contributed by atoms with Crippen LogP contribution in [0.15, 0.2) is 49.1 Å². The number of aromatic nitrogens is 2. The van der Waals surface area contributed by atoms with Crippen LogP contribution in [0.25, 0.3) is 22.3 Å². The molecule has 0 bridgehead atoms. The normalized spacial score (nSPS) is 14.9. The fourth-order valence-electron chi connectivity index (χ4n) is 4.21. The van der Waals surface area contributed by atoms with Gasteiger partial charge in [-0.1, -0.05) is 6.07 Å². The summed E-state index contributed by atoms with van der Waals surface area (Å²) < 4.78 is 5.34. The van der Waals surface area contributed by atoms with Crippen molar-refractivity contribution >= 4 is 11.8 Å². The van der Waals surface area contributed by atoms with Crippen LogP contribution in [-0.2, 0) is 11.2 Å². The molecule has 1 fully saturated rings. The molecule has 2 aromatic carbocycles. The van der Waals surface area contributed by atoms with Crippen LogP contribution >= 0.6 is 0 Å². The predicted octanol–water partition coefficient (Wildman–Crippen LogP) is 2.29. The summed E-state index contributed by atoms with van der Waals surface area (Å²) in [5, 5.41) is 0. The Morgan fingerprint density at radius 2 is 1.73 bits per heavy atom. The highest BCUT2D eigenvalue weighted by Gasteiger charge is 2.26. The van der Waals surface area contributed by atoms with E-state index in [1.165, 1.54) is 6.33 Å². The second-order valence-electron chi connectivity index (χ2n) is 7.49. The van der Waals surface area contributed by atoms with Crippen LogP contribution in [0, 0.1) is 0 Å². The van der Waals surface area contributed by atoms with Crippen LogP contribution in [0.4, 0.5) is 0 Å². The third-order valence-corrected chi connectivity index (χ3v) is 5.72. The number of ether oxygens (including phenoxy) is 1. The van der Waals surface area contributed by atoms with Crippen LogP contribution in [0.5, 0.6) is 0 Å². The second kappa shape index (κ2) is 7.35. The number of morpholine rings is 1. The summed E-state index contributed by atoms with van der Waals surface area (Å²) >= 11 is 0. The zero-order valence-corrected chi connectivity index (χ0v) is 16.3. The maximum Gasteiger partial charge on any atom is 0.254 e. The lowest BCUT2D eigenvalue weighted by Gasteiger charge is -2.27. The molecule has 0 spiro atoms. The van der Waals surface area contributed by atoms with Crippen molar-refractivity contribution in [3.05, 3.63) is 71.3 Å². The fourth-order valence-corrected chi connectivity index (χ4v) is 4.21. The van der Waals surface area contributed by atoms with Gasteiger partial charge >= 0.3 is 0 Å². The average Bonchev–Trinajstić information content (AvgIpc) is 3.16. The first-order chi connectivity index (χ1) is 14.6. The first-order valence-electron chi connectivity index (χ1n) is 9.84. The van der Waals surface area contributed by atoms with Crippen LogP contribution in [0.1, 0.15) is 31.8 Å². The number of nitrogens with two attached hydrogens (primary N) is 1. The summed E-state index contributed by atoms with van der Waals surface area (Å²) in [6.45, 7) is 2.33. The van der Waals surface area contributed by atoms with E-state index in [1.54, 1.807) is 18.5 Å². The number of hydrogen-bond acceptors (Lipinski definition) is 5. The zero-order valence-electron chi connectivity index (χ0n) is 16.3. The summed E-state index contributed by atoms with van der Waals surface area (Å²) in [6.07, 6.45) is 5.45. The van der Waals surface area contributed by atoms with E-state index < -0.39 is 5.91 Å². The second-order valence-corrected chi connectivity index (χ2v) is 7.49. The Kier molecular flexibility index (Phi) is 4.52. The summed E-state index contributed by atoms with van der Waals surface area (Å²) in [7, 11) is 0. The van der Waals surface area contributed by atoms with Gasteiger partial charge in [-0.15, -0.1) is 0 Å². The first-order valence-corrected chi connectivity index (χ1v) is 9.84. The van der Waals surface area contributed by atoms with Crippen molar-refractivity contribution < 1.29 is 14.3 Å². The van der Waals surface area contributed by atoms with E-state index in [0.717, 1.165) is 33.4 Å². The van der Waals surface area contributed by atoms with Gasteiger partial charge in [0, 0.05) is 42.2 Å². The van der Waals surface area contributed by atoms with E-state index in [2.05, 4.69) is 9.97 Å². The number of rotatable bonds is 3. The molecule has 1 aromatic heterocycles. The molecule has 7 nitrogen and oxygen atoms in total. The highest BCUT2D eigenvalue weighted by molar-refractivity contribution is 6.01. The number of carbonyl (C=O) groups excluding carboxylic acids is 2. The molecule has 2 N–H and O–H groups in total. The van der Waals surface area contributed by atoms with E-state index in [1.807, 2.05) is 29.2 Å². The molecular weight excluding hydrogens is 380 g/mol. The molecule has 0 saturated carbocycles. The maximum atomic E-state index is 12.9. The average molecular weight is 400 g/mol. The molecule has 30 heavy (non-hydrogen) atoms. The Morgan fingerprint density at radius 1 is 0.967 bits per heavy atom. The molecule has 3 aromatic rings. The molecule has 2 amide bonds. The number of carbonyl (C=O) groups is 2. The van der Waals surface area contributed by atoms with Crippen LogP contribution < -0.4 is 5.73 Å². The van der Waals surface area contributed by atoms with Crippen LogP contribution in [0.3, 0.4) is 0 Å². The third kappa shape index (κ3) is 3.13. The van der Waals surface area contributed by atoms with Gasteiger partial charge < -0.3 is 15.4 Å². The lowest BCUT2D eigenvalue weighted by atomic mass is 9.95. The molecule has 150 valence electrons.